The van der Waals surface area contributed by atoms with Gasteiger partial charge >= 0.3 is 18.0 Å². The van der Waals surface area contributed by atoms with Crippen LogP contribution in [0.4, 0.5) is 4.79 Å². The summed E-state index contributed by atoms with van der Waals surface area (Å²) in [7, 11) is 0. The summed E-state index contributed by atoms with van der Waals surface area (Å²) in [6, 6.07) is 20.6. The smallest absolute Gasteiger partial charge is 0.407 e. The monoisotopic (exact) mass is 573 g/mol. The number of carboxylic acids is 1. The highest BCUT2D eigenvalue weighted by atomic mass is 16.6. The van der Waals surface area contributed by atoms with E-state index in [9.17, 15) is 19.5 Å². The zero-order valence-corrected chi connectivity index (χ0v) is 24.4. The minimum atomic E-state index is -1.12. The summed E-state index contributed by atoms with van der Waals surface area (Å²) in [5.74, 6) is -1.57. The highest BCUT2D eigenvalue weighted by Gasteiger charge is 2.30. The Kier molecular flexibility index (Phi) is 10.3. The standard InChI is InChI=1S/C33H39N3O6/c1-33(2,3)42-30(37)21-36(20-23-12-8-10-18-34-23)19-11-9-17-29(31(38)39)35-32(40)41-22-28-26-15-6-4-13-24(26)25-14-5-7-16-27(25)28/h4-8,10,12-16,18,28-29H,9,11,17,19-22H2,1-3H3,(H,35,40)(H,38,39). The van der Waals surface area contributed by atoms with Crippen LogP contribution in [-0.2, 0) is 25.6 Å². The van der Waals surface area contributed by atoms with Crippen molar-refractivity contribution in [1.29, 1.82) is 0 Å². The number of rotatable bonds is 13. The first-order valence-corrected chi connectivity index (χ1v) is 14.3. The summed E-state index contributed by atoms with van der Waals surface area (Å²) in [5.41, 5.74) is 4.64. The Hall–Kier alpha value is -4.24. The van der Waals surface area contributed by atoms with Gasteiger partial charge in [0.1, 0.15) is 18.2 Å². The number of aliphatic carboxylic acids is 1. The maximum absolute atomic E-state index is 12.7. The van der Waals surface area contributed by atoms with Crippen LogP contribution in [0, 0.1) is 0 Å². The van der Waals surface area contributed by atoms with Crippen molar-refractivity contribution in [3.63, 3.8) is 0 Å². The number of carbonyl (C=O) groups excluding carboxylic acids is 2. The number of nitrogens with zero attached hydrogens (tertiary/aromatic N) is 2. The Bertz CT molecular complexity index is 1330. The normalized spacial score (nSPS) is 13.2. The van der Waals surface area contributed by atoms with Gasteiger partial charge in [-0.2, -0.15) is 0 Å². The number of nitrogens with one attached hydrogen (secondary N) is 1. The maximum Gasteiger partial charge on any atom is 0.407 e. The van der Waals surface area contributed by atoms with E-state index in [4.69, 9.17) is 9.47 Å². The second kappa shape index (κ2) is 14.1. The van der Waals surface area contributed by atoms with E-state index in [0.717, 1.165) is 27.9 Å². The van der Waals surface area contributed by atoms with E-state index in [1.807, 2.05) is 80.3 Å². The van der Waals surface area contributed by atoms with Gasteiger partial charge in [0.2, 0.25) is 0 Å². The second-order valence-electron chi connectivity index (χ2n) is 11.5. The molecule has 4 rings (SSSR count). The van der Waals surface area contributed by atoms with E-state index in [1.54, 1.807) is 6.20 Å². The molecule has 3 aromatic rings. The van der Waals surface area contributed by atoms with Crippen molar-refractivity contribution < 1.29 is 29.0 Å². The van der Waals surface area contributed by atoms with Gasteiger partial charge in [0.15, 0.2) is 0 Å². The van der Waals surface area contributed by atoms with Gasteiger partial charge in [-0.15, -0.1) is 0 Å². The van der Waals surface area contributed by atoms with E-state index in [-0.39, 0.29) is 31.5 Å². The van der Waals surface area contributed by atoms with Gasteiger partial charge in [-0.3, -0.25) is 14.7 Å². The molecule has 1 amide bonds. The maximum atomic E-state index is 12.7. The van der Waals surface area contributed by atoms with E-state index < -0.39 is 23.7 Å². The summed E-state index contributed by atoms with van der Waals surface area (Å²) >= 11 is 0. The average molecular weight is 574 g/mol. The lowest BCUT2D eigenvalue weighted by Crippen LogP contribution is -2.41. The highest BCUT2D eigenvalue weighted by Crippen LogP contribution is 2.44. The molecular formula is C33H39N3O6. The summed E-state index contributed by atoms with van der Waals surface area (Å²) in [6.45, 7) is 6.66. The molecule has 9 nitrogen and oxygen atoms in total. The lowest BCUT2D eigenvalue weighted by molar-refractivity contribution is -0.156. The third-order valence-electron chi connectivity index (χ3n) is 7.04. The molecule has 0 aliphatic heterocycles. The molecule has 9 heteroatoms. The number of esters is 1. The second-order valence-corrected chi connectivity index (χ2v) is 11.5. The van der Waals surface area contributed by atoms with Crippen LogP contribution in [0.5, 0.6) is 0 Å². The van der Waals surface area contributed by atoms with E-state index in [2.05, 4.69) is 22.4 Å². The third-order valence-corrected chi connectivity index (χ3v) is 7.04. The molecule has 0 saturated heterocycles. The van der Waals surface area contributed by atoms with Crippen molar-refractivity contribution in [3.05, 3.63) is 89.7 Å². The topological polar surface area (TPSA) is 118 Å². The zero-order valence-electron chi connectivity index (χ0n) is 24.4. The predicted octanol–water partition coefficient (Wildman–Crippen LogP) is 5.39. The van der Waals surface area contributed by atoms with Crippen LogP contribution in [0.15, 0.2) is 72.9 Å². The number of ether oxygens (including phenoxy) is 2. The number of carboxylic acid groups (broad SMARTS) is 1. The molecule has 2 N–H and O–H groups in total. The molecule has 1 aliphatic carbocycles. The number of unbranched alkanes of at least 4 members (excludes halogenated alkanes) is 1. The number of fused-ring (bicyclic) bond motifs is 3. The van der Waals surface area contributed by atoms with Crippen LogP contribution in [0.25, 0.3) is 11.1 Å². The number of hydrogen-bond acceptors (Lipinski definition) is 7. The number of benzene rings is 2. The fourth-order valence-electron chi connectivity index (χ4n) is 5.21. The number of amides is 1. The number of pyridine rings is 1. The summed E-state index contributed by atoms with van der Waals surface area (Å²) in [4.78, 5) is 43.3. The molecule has 1 unspecified atom stereocenters. The van der Waals surface area contributed by atoms with Crippen LogP contribution >= 0.6 is 0 Å². The molecular weight excluding hydrogens is 534 g/mol. The zero-order chi connectivity index (χ0) is 30.1. The van der Waals surface area contributed by atoms with Crippen LogP contribution in [0.2, 0.25) is 0 Å². The van der Waals surface area contributed by atoms with Crippen LogP contribution < -0.4 is 5.32 Å². The minimum absolute atomic E-state index is 0.0915. The molecule has 1 atom stereocenters. The van der Waals surface area contributed by atoms with Crippen molar-refractivity contribution >= 4 is 18.0 Å². The number of alkyl carbamates (subject to hydrolysis) is 1. The van der Waals surface area contributed by atoms with Crippen molar-refractivity contribution in [2.24, 2.45) is 0 Å². The number of aromatic nitrogens is 1. The Morgan fingerprint density at radius 1 is 0.952 bits per heavy atom. The molecule has 0 spiro atoms. The lowest BCUT2D eigenvalue weighted by Gasteiger charge is -2.25. The van der Waals surface area contributed by atoms with E-state index in [1.165, 1.54) is 0 Å². The van der Waals surface area contributed by atoms with Gasteiger partial charge in [-0.1, -0.05) is 54.6 Å². The first kappa shape index (κ1) is 30.7. The molecule has 42 heavy (non-hydrogen) atoms. The van der Waals surface area contributed by atoms with Crippen molar-refractivity contribution in [2.75, 3.05) is 19.7 Å². The van der Waals surface area contributed by atoms with E-state index >= 15 is 0 Å². The molecule has 2 aromatic carbocycles. The van der Waals surface area contributed by atoms with Crippen LogP contribution in [-0.4, -0.2) is 64.4 Å². The van der Waals surface area contributed by atoms with Gasteiger partial charge < -0.3 is 19.9 Å². The predicted molar refractivity (Wildman–Crippen MR) is 159 cm³/mol. The first-order valence-electron chi connectivity index (χ1n) is 14.3. The van der Waals surface area contributed by atoms with Gasteiger partial charge in [0.05, 0.1) is 12.2 Å². The van der Waals surface area contributed by atoms with Crippen LogP contribution in [0.3, 0.4) is 0 Å². The first-order chi connectivity index (χ1) is 20.1. The average Bonchev–Trinajstić information content (AvgIpc) is 3.26. The quantitative estimate of drug-likeness (QED) is 0.207. The van der Waals surface area contributed by atoms with Crippen molar-refractivity contribution in [3.8, 4) is 11.1 Å². The molecule has 1 heterocycles. The summed E-state index contributed by atoms with van der Waals surface area (Å²) in [5, 5.41) is 12.3. The molecule has 0 radical (unpaired) electrons. The lowest BCUT2D eigenvalue weighted by atomic mass is 9.98. The fourth-order valence-corrected chi connectivity index (χ4v) is 5.21. The van der Waals surface area contributed by atoms with Gasteiger partial charge in [0.25, 0.3) is 0 Å². The van der Waals surface area contributed by atoms with Crippen molar-refractivity contribution in [2.45, 2.75) is 64.1 Å². The largest absolute Gasteiger partial charge is 0.480 e. The fraction of sp³-hybridized carbons (Fsp3) is 0.394. The molecule has 1 aliphatic rings. The Labute approximate surface area is 246 Å². The molecule has 0 saturated carbocycles. The molecule has 0 fully saturated rings. The highest BCUT2D eigenvalue weighted by molar-refractivity contribution is 5.81. The van der Waals surface area contributed by atoms with Gasteiger partial charge in [0, 0.05) is 18.7 Å². The molecule has 222 valence electrons. The Morgan fingerprint density at radius 3 is 2.19 bits per heavy atom. The number of hydrogen-bond donors (Lipinski definition) is 2. The van der Waals surface area contributed by atoms with Crippen LogP contribution in [0.1, 0.15) is 62.8 Å². The Morgan fingerprint density at radius 2 is 1.60 bits per heavy atom. The number of carbonyl (C=O) groups is 3. The van der Waals surface area contributed by atoms with E-state index in [0.29, 0.717) is 25.9 Å². The molecule has 0 bridgehead atoms. The third kappa shape index (κ3) is 8.63. The summed E-state index contributed by atoms with van der Waals surface area (Å²) < 4.78 is 11.0. The van der Waals surface area contributed by atoms with Gasteiger partial charge in [-0.05, 0) is 81.0 Å². The van der Waals surface area contributed by atoms with Crippen molar-refractivity contribution in [1.82, 2.24) is 15.2 Å². The minimum Gasteiger partial charge on any atom is -0.480 e. The Balaban J connectivity index is 1.28. The summed E-state index contributed by atoms with van der Waals surface area (Å²) in [6.07, 6.45) is 2.31. The molecule has 1 aromatic heterocycles. The van der Waals surface area contributed by atoms with Gasteiger partial charge in [-0.25, -0.2) is 9.59 Å². The SMILES string of the molecule is CC(C)(C)OC(=O)CN(CCCCC(NC(=O)OCC1c2ccccc2-c2ccccc21)C(=O)O)Cc1ccccn1.